The number of nitrogens with two attached hydrogens (primary N) is 1. The molecular weight excluding hydrogens is 490 g/mol. The number of nitrogens with zero attached hydrogens (tertiary/aromatic N) is 4. The number of hydrogen-bond acceptors (Lipinski definition) is 7. The molecule has 5 rings (SSSR count). The molecule has 1 aliphatic rings. The number of aryl methyl sites for hydroxylation is 2. The largest absolute Gasteiger partial charge is 0.368 e. The van der Waals surface area contributed by atoms with E-state index in [2.05, 4.69) is 20.6 Å². The number of benzene rings is 2. The van der Waals surface area contributed by atoms with Gasteiger partial charge in [0.05, 0.1) is 28.3 Å². The minimum Gasteiger partial charge on any atom is -0.368 e. The summed E-state index contributed by atoms with van der Waals surface area (Å²) in [7, 11) is 0. The van der Waals surface area contributed by atoms with E-state index in [4.69, 9.17) is 10.7 Å². The summed E-state index contributed by atoms with van der Waals surface area (Å²) >= 11 is 0. The number of allylic oxidation sites excluding steroid dienone is 1. The first-order chi connectivity index (χ1) is 18.8. The van der Waals surface area contributed by atoms with E-state index in [-0.39, 0.29) is 23.5 Å². The van der Waals surface area contributed by atoms with Gasteiger partial charge in [-0.2, -0.15) is 4.98 Å². The van der Waals surface area contributed by atoms with Crippen LogP contribution in [0.4, 0.5) is 11.8 Å². The van der Waals surface area contributed by atoms with Crippen molar-refractivity contribution in [2.24, 2.45) is 0 Å². The van der Waals surface area contributed by atoms with Gasteiger partial charge in [0.25, 0.3) is 5.56 Å². The Morgan fingerprint density at radius 3 is 2.54 bits per heavy atom. The third-order valence-electron chi connectivity index (χ3n) is 6.95. The summed E-state index contributed by atoms with van der Waals surface area (Å²) in [5, 5.41) is 7.07. The highest BCUT2D eigenvalue weighted by molar-refractivity contribution is 5.96. The highest BCUT2D eigenvalue weighted by atomic mass is 16.1. The van der Waals surface area contributed by atoms with Crippen molar-refractivity contribution in [3.8, 4) is 5.69 Å². The quantitative estimate of drug-likeness (QED) is 0.288. The minimum absolute atomic E-state index is 0.117. The van der Waals surface area contributed by atoms with Crippen molar-refractivity contribution in [2.75, 3.05) is 11.1 Å². The van der Waals surface area contributed by atoms with Crippen LogP contribution in [0.1, 0.15) is 61.8 Å². The molecule has 2 aromatic heterocycles. The van der Waals surface area contributed by atoms with Crippen LogP contribution in [0.25, 0.3) is 22.2 Å². The van der Waals surface area contributed by atoms with Crippen molar-refractivity contribution in [1.29, 1.82) is 0 Å². The lowest BCUT2D eigenvalue weighted by Gasteiger charge is -2.24. The molecule has 0 bridgehead atoms. The van der Waals surface area contributed by atoms with Crippen molar-refractivity contribution in [3.63, 3.8) is 0 Å². The van der Waals surface area contributed by atoms with Crippen LogP contribution in [0.3, 0.4) is 0 Å². The Morgan fingerprint density at radius 1 is 1.10 bits per heavy atom. The van der Waals surface area contributed by atoms with Crippen molar-refractivity contribution < 1.29 is 4.79 Å². The van der Waals surface area contributed by atoms with E-state index in [0.29, 0.717) is 45.8 Å². The van der Waals surface area contributed by atoms with Gasteiger partial charge in [-0.3, -0.25) is 14.2 Å². The summed E-state index contributed by atoms with van der Waals surface area (Å²) in [6, 6.07) is 15.0. The lowest BCUT2D eigenvalue weighted by Crippen LogP contribution is -2.29. The SMILES string of the molecule is CCC(Nc1nc(N)nc(C)c1/C(C)=C/C(=O)NC1CC1)c1nc2cccc(C)c2c(=O)n1-c1ccccc1. The smallest absolute Gasteiger partial charge is 0.266 e. The topological polar surface area (TPSA) is 128 Å². The molecular formula is C30H33N7O2. The normalized spacial score (nSPS) is 14.3. The Labute approximate surface area is 227 Å². The van der Waals surface area contributed by atoms with Gasteiger partial charge in [0.15, 0.2) is 0 Å². The predicted octanol–water partition coefficient (Wildman–Crippen LogP) is 4.62. The molecule has 2 aromatic carbocycles. The Kier molecular flexibility index (Phi) is 7.15. The number of carbonyl (C=O) groups is 1. The van der Waals surface area contributed by atoms with Crippen LogP contribution < -0.4 is 21.9 Å². The molecule has 2 heterocycles. The van der Waals surface area contributed by atoms with Crippen molar-refractivity contribution in [3.05, 3.63) is 87.6 Å². The van der Waals surface area contributed by atoms with Gasteiger partial charge in [0.1, 0.15) is 11.6 Å². The maximum absolute atomic E-state index is 13.9. The van der Waals surface area contributed by atoms with E-state index >= 15 is 0 Å². The van der Waals surface area contributed by atoms with E-state index in [1.54, 1.807) is 10.6 Å². The van der Waals surface area contributed by atoms with Crippen molar-refractivity contribution >= 4 is 34.1 Å². The molecule has 4 aromatic rings. The van der Waals surface area contributed by atoms with Crippen molar-refractivity contribution in [1.82, 2.24) is 24.8 Å². The third kappa shape index (κ3) is 5.38. The highest BCUT2D eigenvalue weighted by Gasteiger charge is 2.25. The molecule has 4 N–H and O–H groups in total. The van der Waals surface area contributed by atoms with Gasteiger partial charge in [0, 0.05) is 17.7 Å². The van der Waals surface area contributed by atoms with E-state index < -0.39 is 6.04 Å². The number of nitrogens with one attached hydrogen (secondary N) is 2. The van der Waals surface area contributed by atoms with Crippen LogP contribution in [0.2, 0.25) is 0 Å². The molecule has 1 atom stereocenters. The van der Waals surface area contributed by atoms with Crippen LogP contribution in [-0.2, 0) is 4.79 Å². The van der Waals surface area contributed by atoms with Crippen LogP contribution in [-0.4, -0.2) is 31.5 Å². The lowest BCUT2D eigenvalue weighted by atomic mass is 10.0. The summed E-state index contributed by atoms with van der Waals surface area (Å²) < 4.78 is 1.67. The summed E-state index contributed by atoms with van der Waals surface area (Å²) in [6.07, 6.45) is 4.19. The molecule has 1 amide bonds. The average molecular weight is 524 g/mol. The summed E-state index contributed by atoms with van der Waals surface area (Å²) in [6.45, 7) is 7.63. The molecule has 0 radical (unpaired) electrons. The maximum atomic E-state index is 13.9. The molecule has 1 saturated carbocycles. The lowest BCUT2D eigenvalue weighted by molar-refractivity contribution is -0.116. The van der Waals surface area contributed by atoms with Gasteiger partial charge in [-0.05, 0) is 69.4 Å². The molecule has 0 saturated heterocycles. The number of rotatable bonds is 8. The second-order valence-corrected chi connectivity index (χ2v) is 10.0. The van der Waals surface area contributed by atoms with Crippen LogP contribution in [0.15, 0.2) is 59.4 Å². The van der Waals surface area contributed by atoms with E-state index in [0.717, 1.165) is 24.1 Å². The van der Waals surface area contributed by atoms with Gasteiger partial charge < -0.3 is 16.4 Å². The van der Waals surface area contributed by atoms with Gasteiger partial charge in [-0.1, -0.05) is 37.3 Å². The number of amides is 1. The molecule has 1 fully saturated rings. The molecule has 1 unspecified atom stereocenters. The number of para-hydroxylation sites is 1. The molecule has 200 valence electrons. The molecule has 0 spiro atoms. The Balaban J connectivity index is 1.64. The number of hydrogen-bond donors (Lipinski definition) is 3. The second-order valence-electron chi connectivity index (χ2n) is 10.0. The van der Waals surface area contributed by atoms with Gasteiger partial charge in [-0.25, -0.2) is 9.97 Å². The maximum Gasteiger partial charge on any atom is 0.266 e. The summed E-state index contributed by atoms with van der Waals surface area (Å²) in [4.78, 5) is 40.3. The molecule has 9 nitrogen and oxygen atoms in total. The van der Waals surface area contributed by atoms with Crippen LogP contribution >= 0.6 is 0 Å². The number of anilines is 2. The first-order valence-corrected chi connectivity index (χ1v) is 13.2. The van der Waals surface area contributed by atoms with Crippen LogP contribution in [0.5, 0.6) is 0 Å². The molecule has 1 aliphatic carbocycles. The number of fused-ring (bicyclic) bond motifs is 1. The van der Waals surface area contributed by atoms with E-state index in [1.807, 2.05) is 76.2 Å². The fraction of sp³-hybridized carbons (Fsp3) is 0.300. The van der Waals surface area contributed by atoms with Gasteiger partial charge >= 0.3 is 0 Å². The fourth-order valence-corrected chi connectivity index (χ4v) is 4.90. The zero-order valence-electron chi connectivity index (χ0n) is 22.7. The Bertz CT molecular complexity index is 1640. The average Bonchev–Trinajstić information content (AvgIpc) is 3.71. The zero-order chi connectivity index (χ0) is 27.7. The fourth-order valence-electron chi connectivity index (χ4n) is 4.90. The van der Waals surface area contributed by atoms with Crippen LogP contribution in [0, 0.1) is 13.8 Å². The van der Waals surface area contributed by atoms with Gasteiger partial charge in [0.2, 0.25) is 11.9 Å². The zero-order valence-corrected chi connectivity index (χ0v) is 22.7. The molecule has 9 heteroatoms. The third-order valence-corrected chi connectivity index (χ3v) is 6.95. The van der Waals surface area contributed by atoms with Crippen molar-refractivity contribution in [2.45, 2.75) is 59.0 Å². The highest BCUT2D eigenvalue weighted by Crippen LogP contribution is 2.31. The first kappa shape index (κ1) is 26.1. The summed E-state index contributed by atoms with van der Waals surface area (Å²) in [5.74, 6) is 1.01. The van der Waals surface area contributed by atoms with Gasteiger partial charge in [-0.15, -0.1) is 0 Å². The number of carbonyl (C=O) groups excluding carboxylic acids is 1. The van der Waals surface area contributed by atoms with E-state index in [1.165, 1.54) is 0 Å². The molecule has 0 aliphatic heterocycles. The standard InChI is InChI=1S/C30H33N7O2/c1-5-22(34-27-25(19(4)32-30(31)36-27)18(3)16-24(38)33-20-14-15-20)28-35-23-13-9-10-17(2)26(23)29(39)37(28)21-11-7-6-8-12-21/h6-13,16,20,22H,5,14-15H2,1-4H3,(H,33,38)(H3,31,32,34,36)/b18-16+. The predicted molar refractivity (Wildman–Crippen MR) is 155 cm³/mol. The minimum atomic E-state index is -0.400. The first-order valence-electron chi connectivity index (χ1n) is 13.2. The number of nitrogen functional groups attached to an aromatic ring is 1. The second kappa shape index (κ2) is 10.7. The molecule has 39 heavy (non-hydrogen) atoms. The monoisotopic (exact) mass is 523 g/mol. The Hall–Kier alpha value is -4.53. The summed E-state index contributed by atoms with van der Waals surface area (Å²) in [5.41, 5.74) is 10.2. The number of aromatic nitrogens is 4. The Morgan fingerprint density at radius 2 is 1.85 bits per heavy atom. The van der Waals surface area contributed by atoms with E-state index in [9.17, 15) is 9.59 Å².